The van der Waals surface area contributed by atoms with Crippen molar-refractivity contribution < 1.29 is 5.11 Å². The summed E-state index contributed by atoms with van der Waals surface area (Å²) >= 11 is 0. The summed E-state index contributed by atoms with van der Waals surface area (Å²) in [6.07, 6.45) is 6.62. The van der Waals surface area contributed by atoms with Gasteiger partial charge in [0.05, 0.1) is 6.61 Å². The monoisotopic (exact) mass is 228 g/mol. The largest absolute Gasteiger partial charge is 0.395 e. The number of hydrogen-bond acceptors (Lipinski definition) is 3. The lowest BCUT2D eigenvalue weighted by atomic mass is 9.85. The van der Waals surface area contributed by atoms with E-state index in [9.17, 15) is 0 Å². The molecule has 0 aromatic carbocycles. The summed E-state index contributed by atoms with van der Waals surface area (Å²) in [5.74, 6) is 0. The van der Waals surface area contributed by atoms with Gasteiger partial charge in [-0.05, 0) is 38.3 Å². The van der Waals surface area contributed by atoms with E-state index < -0.39 is 0 Å². The molecule has 0 radical (unpaired) electrons. The number of aliphatic hydroxyl groups is 1. The van der Waals surface area contributed by atoms with Crippen LogP contribution in [0.25, 0.3) is 0 Å². The molecule has 0 heterocycles. The summed E-state index contributed by atoms with van der Waals surface area (Å²) in [5, 5.41) is 12.4. The fourth-order valence-corrected chi connectivity index (χ4v) is 3.09. The molecule has 0 atom stereocenters. The van der Waals surface area contributed by atoms with Crippen LogP contribution in [0.2, 0.25) is 0 Å². The standard InChI is InChI=1S/C13H28N2O/c1-3-8-15(9-10-16)12-13(11-14-2)6-4-5-7-13/h14,16H,3-12H2,1-2H3. The highest BCUT2D eigenvalue weighted by molar-refractivity contribution is 4.89. The summed E-state index contributed by atoms with van der Waals surface area (Å²) in [4.78, 5) is 2.43. The van der Waals surface area contributed by atoms with Crippen molar-refractivity contribution in [3.8, 4) is 0 Å². The van der Waals surface area contributed by atoms with Gasteiger partial charge in [0, 0.05) is 19.6 Å². The van der Waals surface area contributed by atoms with Gasteiger partial charge in [-0.25, -0.2) is 0 Å². The topological polar surface area (TPSA) is 35.5 Å². The van der Waals surface area contributed by atoms with Crippen LogP contribution in [0.5, 0.6) is 0 Å². The van der Waals surface area contributed by atoms with Gasteiger partial charge in [0.25, 0.3) is 0 Å². The third-order valence-electron chi connectivity index (χ3n) is 3.73. The second kappa shape index (κ2) is 7.25. The third kappa shape index (κ3) is 4.04. The minimum atomic E-state index is 0.287. The first-order valence-corrected chi connectivity index (χ1v) is 6.74. The highest BCUT2D eigenvalue weighted by Gasteiger charge is 2.34. The molecular weight excluding hydrogens is 200 g/mol. The zero-order valence-electron chi connectivity index (χ0n) is 11.0. The first-order chi connectivity index (χ1) is 7.76. The van der Waals surface area contributed by atoms with Gasteiger partial charge >= 0.3 is 0 Å². The molecule has 0 unspecified atom stereocenters. The predicted octanol–water partition coefficient (Wildman–Crippen LogP) is 1.47. The molecule has 0 aliphatic heterocycles. The minimum Gasteiger partial charge on any atom is -0.395 e. The SMILES string of the molecule is CCCN(CCO)CC1(CNC)CCCC1. The van der Waals surface area contributed by atoms with Crippen LogP contribution < -0.4 is 5.32 Å². The van der Waals surface area contributed by atoms with Gasteiger partial charge in [0.2, 0.25) is 0 Å². The molecule has 3 nitrogen and oxygen atoms in total. The van der Waals surface area contributed by atoms with Gasteiger partial charge in [-0.1, -0.05) is 19.8 Å². The summed E-state index contributed by atoms with van der Waals surface area (Å²) in [6, 6.07) is 0. The quantitative estimate of drug-likeness (QED) is 0.660. The molecule has 1 fully saturated rings. The van der Waals surface area contributed by atoms with Crippen LogP contribution in [-0.2, 0) is 0 Å². The summed E-state index contributed by atoms with van der Waals surface area (Å²) in [7, 11) is 2.05. The lowest BCUT2D eigenvalue weighted by Crippen LogP contribution is -2.43. The number of rotatable bonds is 8. The first-order valence-electron chi connectivity index (χ1n) is 6.74. The van der Waals surface area contributed by atoms with Gasteiger partial charge in [-0.3, -0.25) is 0 Å². The van der Waals surface area contributed by atoms with Crippen LogP contribution in [0.15, 0.2) is 0 Å². The lowest BCUT2D eigenvalue weighted by molar-refractivity contribution is 0.126. The van der Waals surface area contributed by atoms with Crippen molar-refractivity contribution in [2.45, 2.75) is 39.0 Å². The lowest BCUT2D eigenvalue weighted by Gasteiger charge is -2.35. The van der Waals surface area contributed by atoms with E-state index in [0.29, 0.717) is 5.41 Å². The van der Waals surface area contributed by atoms with E-state index in [-0.39, 0.29) is 6.61 Å². The molecule has 3 heteroatoms. The molecule has 0 amide bonds. The van der Waals surface area contributed by atoms with Crippen LogP contribution in [0.4, 0.5) is 0 Å². The van der Waals surface area contributed by atoms with Gasteiger partial charge in [-0.15, -0.1) is 0 Å². The molecule has 16 heavy (non-hydrogen) atoms. The summed E-state index contributed by atoms with van der Waals surface area (Å²) < 4.78 is 0. The fraction of sp³-hybridized carbons (Fsp3) is 1.00. The predicted molar refractivity (Wildman–Crippen MR) is 68.6 cm³/mol. The number of hydrogen-bond donors (Lipinski definition) is 2. The van der Waals surface area contributed by atoms with E-state index in [1.54, 1.807) is 0 Å². The minimum absolute atomic E-state index is 0.287. The van der Waals surface area contributed by atoms with Crippen LogP contribution in [0.3, 0.4) is 0 Å². The number of nitrogens with one attached hydrogen (secondary N) is 1. The molecule has 96 valence electrons. The Labute approximate surface area is 100 Å². The summed E-state index contributed by atoms with van der Waals surface area (Å²) in [5.41, 5.74) is 0.471. The van der Waals surface area contributed by atoms with E-state index in [4.69, 9.17) is 5.11 Å². The molecule has 1 rings (SSSR count). The zero-order valence-corrected chi connectivity index (χ0v) is 11.0. The van der Waals surface area contributed by atoms with Gasteiger partial charge in [0.15, 0.2) is 0 Å². The average molecular weight is 228 g/mol. The fourth-order valence-electron chi connectivity index (χ4n) is 3.09. The highest BCUT2D eigenvalue weighted by atomic mass is 16.3. The van der Waals surface area contributed by atoms with Gasteiger partial charge < -0.3 is 15.3 Å². The van der Waals surface area contributed by atoms with Crippen molar-refractivity contribution in [3.63, 3.8) is 0 Å². The molecule has 0 spiro atoms. The van der Waals surface area contributed by atoms with Crippen molar-refractivity contribution in [2.24, 2.45) is 5.41 Å². The van der Waals surface area contributed by atoms with Crippen molar-refractivity contribution in [1.82, 2.24) is 10.2 Å². The Kier molecular flexibility index (Phi) is 6.32. The molecule has 1 saturated carbocycles. The molecule has 2 N–H and O–H groups in total. The molecule has 0 saturated heterocycles. The molecule has 1 aliphatic carbocycles. The Balaban J connectivity index is 2.50. The maximum absolute atomic E-state index is 9.09. The Morgan fingerprint density at radius 1 is 1.25 bits per heavy atom. The number of nitrogens with zero attached hydrogens (tertiary/aromatic N) is 1. The molecule has 0 aromatic rings. The Hall–Kier alpha value is -0.120. The van der Waals surface area contributed by atoms with E-state index in [0.717, 1.165) is 26.2 Å². The second-order valence-corrected chi connectivity index (χ2v) is 5.24. The van der Waals surface area contributed by atoms with Crippen molar-refractivity contribution in [1.29, 1.82) is 0 Å². The molecular formula is C13H28N2O. The Morgan fingerprint density at radius 3 is 2.44 bits per heavy atom. The van der Waals surface area contributed by atoms with E-state index in [1.807, 2.05) is 0 Å². The van der Waals surface area contributed by atoms with Crippen LogP contribution >= 0.6 is 0 Å². The van der Waals surface area contributed by atoms with Gasteiger partial charge in [0.1, 0.15) is 0 Å². The van der Waals surface area contributed by atoms with Crippen LogP contribution in [0.1, 0.15) is 39.0 Å². The smallest absolute Gasteiger partial charge is 0.0558 e. The molecule has 0 aromatic heterocycles. The highest BCUT2D eigenvalue weighted by Crippen LogP contribution is 2.38. The van der Waals surface area contributed by atoms with Crippen molar-refractivity contribution in [2.75, 3.05) is 39.8 Å². The van der Waals surface area contributed by atoms with Crippen LogP contribution in [-0.4, -0.2) is 49.8 Å². The van der Waals surface area contributed by atoms with E-state index >= 15 is 0 Å². The second-order valence-electron chi connectivity index (χ2n) is 5.24. The van der Waals surface area contributed by atoms with Crippen molar-refractivity contribution >= 4 is 0 Å². The van der Waals surface area contributed by atoms with E-state index in [1.165, 1.54) is 32.1 Å². The Morgan fingerprint density at radius 2 is 1.94 bits per heavy atom. The van der Waals surface area contributed by atoms with Crippen molar-refractivity contribution in [3.05, 3.63) is 0 Å². The van der Waals surface area contributed by atoms with Crippen LogP contribution in [0, 0.1) is 5.41 Å². The summed E-state index contributed by atoms with van der Waals surface area (Å²) in [6.45, 7) is 6.73. The van der Waals surface area contributed by atoms with E-state index in [2.05, 4.69) is 24.2 Å². The molecule has 0 bridgehead atoms. The maximum Gasteiger partial charge on any atom is 0.0558 e. The normalized spacial score (nSPS) is 19.5. The first kappa shape index (κ1) is 13.9. The average Bonchev–Trinajstić information content (AvgIpc) is 2.68. The van der Waals surface area contributed by atoms with Gasteiger partial charge in [-0.2, -0.15) is 0 Å². The third-order valence-corrected chi connectivity index (χ3v) is 3.73. The Bertz CT molecular complexity index is 173. The number of aliphatic hydroxyl groups excluding tert-OH is 1. The maximum atomic E-state index is 9.09. The molecule has 1 aliphatic rings. The zero-order chi connectivity index (χ0) is 11.9.